The van der Waals surface area contributed by atoms with E-state index in [-0.39, 0.29) is 36.6 Å². The number of nitrogens with zero attached hydrogens (tertiary/aromatic N) is 4. The van der Waals surface area contributed by atoms with E-state index in [4.69, 9.17) is 0 Å². The second kappa shape index (κ2) is 10.2. The van der Waals surface area contributed by atoms with Crippen molar-refractivity contribution in [2.24, 2.45) is 0 Å². The molecule has 0 spiro atoms. The molecule has 0 unspecified atom stereocenters. The largest absolute Gasteiger partial charge is 0.351 e. The van der Waals surface area contributed by atoms with Gasteiger partial charge in [0.2, 0.25) is 5.91 Å². The van der Waals surface area contributed by atoms with Gasteiger partial charge in [-0.3, -0.25) is 4.79 Å². The van der Waals surface area contributed by atoms with Gasteiger partial charge >= 0.3 is 0 Å². The van der Waals surface area contributed by atoms with Crippen LogP contribution in [-0.2, 0) is 11.2 Å². The number of aromatic nitrogens is 2. The molecule has 1 atom stereocenters. The number of carbonyl (C=O) groups excluding carboxylic acids is 1. The Morgan fingerprint density at radius 1 is 0.912 bits per heavy atom. The lowest BCUT2D eigenvalue weighted by Crippen LogP contribution is -2.54. The first-order valence-corrected chi connectivity index (χ1v) is 11.2. The van der Waals surface area contributed by atoms with Crippen molar-refractivity contribution in [3.05, 3.63) is 90.2 Å². The van der Waals surface area contributed by atoms with Gasteiger partial charge in [-0.25, -0.2) is 4.39 Å². The maximum Gasteiger partial charge on any atom is 0.227 e. The first kappa shape index (κ1) is 23.6. The van der Waals surface area contributed by atoms with Crippen molar-refractivity contribution in [2.45, 2.75) is 19.4 Å². The molecule has 0 aliphatic carbocycles. The number of hydrogen-bond acceptors (Lipinski definition) is 4. The molecular weight excluding hydrogens is 451 g/mol. The van der Waals surface area contributed by atoms with Crippen LogP contribution >= 0.6 is 12.4 Å². The monoisotopic (exact) mass is 476 g/mol. The topological polar surface area (TPSA) is 49.3 Å². The summed E-state index contributed by atoms with van der Waals surface area (Å²) in [6.45, 7) is 4.03. The second-order valence-corrected chi connectivity index (χ2v) is 8.47. The zero-order chi connectivity index (χ0) is 22.8. The van der Waals surface area contributed by atoms with Crippen LogP contribution in [-0.4, -0.2) is 46.7 Å². The molecule has 0 N–H and O–H groups in total. The second-order valence-electron chi connectivity index (χ2n) is 8.47. The summed E-state index contributed by atoms with van der Waals surface area (Å²) in [4.78, 5) is 17.0. The third-order valence-corrected chi connectivity index (χ3v) is 6.23. The number of anilines is 1. The quantitative estimate of drug-likeness (QED) is 0.409. The molecule has 1 saturated heterocycles. The number of rotatable bonds is 4. The molecule has 1 amide bonds. The molecule has 1 aliphatic rings. The minimum absolute atomic E-state index is 0. The minimum Gasteiger partial charge on any atom is -0.351 e. The molecular formula is C27H26ClFN4O. The van der Waals surface area contributed by atoms with Crippen molar-refractivity contribution in [3.8, 4) is 11.3 Å². The molecule has 5 nitrogen and oxygen atoms in total. The van der Waals surface area contributed by atoms with E-state index >= 15 is 0 Å². The van der Waals surface area contributed by atoms with Crippen LogP contribution in [0.5, 0.6) is 0 Å². The number of fused-ring (bicyclic) bond motifs is 1. The predicted molar refractivity (Wildman–Crippen MR) is 136 cm³/mol. The molecule has 34 heavy (non-hydrogen) atoms. The van der Waals surface area contributed by atoms with Gasteiger partial charge < -0.3 is 9.80 Å². The molecule has 174 valence electrons. The number of amides is 1. The van der Waals surface area contributed by atoms with Gasteiger partial charge in [0.25, 0.3) is 0 Å². The highest BCUT2D eigenvalue weighted by molar-refractivity contribution is 6.00. The highest BCUT2D eigenvalue weighted by Gasteiger charge is 2.29. The SMILES string of the molecule is C[C@H]1CN(c2nnc(-c3ccccc3)c3ccccc23)CCN1C(=O)Cc1ccc(F)cc1.Cl. The van der Waals surface area contributed by atoms with Gasteiger partial charge in [0.15, 0.2) is 5.82 Å². The molecule has 0 radical (unpaired) electrons. The normalized spacial score (nSPS) is 15.8. The average molecular weight is 477 g/mol. The van der Waals surface area contributed by atoms with E-state index < -0.39 is 0 Å². The standard InChI is InChI=1S/C27H25FN4O.ClH/c1-19-18-31(15-16-32(19)25(33)17-20-11-13-22(28)14-12-20)27-24-10-6-5-9-23(24)26(29-30-27)21-7-3-2-4-8-21;/h2-14,19H,15-18H2,1H3;1H/t19-;/m0./s1. The van der Waals surface area contributed by atoms with Crippen molar-refractivity contribution in [1.82, 2.24) is 15.1 Å². The van der Waals surface area contributed by atoms with Crippen molar-refractivity contribution < 1.29 is 9.18 Å². The van der Waals surface area contributed by atoms with Crippen molar-refractivity contribution >= 4 is 34.9 Å². The van der Waals surface area contributed by atoms with Crippen LogP contribution in [0.2, 0.25) is 0 Å². The Hall–Kier alpha value is -3.51. The van der Waals surface area contributed by atoms with Gasteiger partial charge in [-0.15, -0.1) is 22.6 Å². The molecule has 1 fully saturated rings. The van der Waals surface area contributed by atoms with Crippen molar-refractivity contribution in [2.75, 3.05) is 24.5 Å². The maximum absolute atomic E-state index is 13.2. The Bertz CT molecular complexity index is 1280. The van der Waals surface area contributed by atoms with Crippen molar-refractivity contribution in [1.29, 1.82) is 0 Å². The van der Waals surface area contributed by atoms with Crippen molar-refractivity contribution in [3.63, 3.8) is 0 Å². The molecule has 5 rings (SSSR count). The van der Waals surface area contributed by atoms with E-state index in [0.29, 0.717) is 19.6 Å². The fourth-order valence-electron chi connectivity index (χ4n) is 4.53. The van der Waals surface area contributed by atoms with E-state index in [2.05, 4.69) is 34.2 Å². The summed E-state index contributed by atoms with van der Waals surface area (Å²) in [7, 11) is 0. The smallest absolute Gasteiger partial charge is 0.227 e. The van der Waals surface area contributed by atoms with Crippen LogP contribution in [0.15, 0.2) is 78.9 Å². The Labute approximate surface area is 204 Å². The van der Waals surface area contributed by atoms with Gasteiger partial charge in [-0.05, 0) is 24.6 Å². The van der Waals surface area contributed by atoms with E-state index in [1.54, 1.807) is 12.1 Å². The Morgan fingerprint density at radius 2 is 1.59 bits per heavy atom. The van der Waals surface area contributed by atoms with Crippen LogP contribution in [0.1, 0.15) is 12.5 Å². The maximum atomic E-state index is 13.2. The number of piperazine rings is 1. The van der Waals surface area contributed by atoms with E-state index in [0.717, 1.165) is 33.4 Å². The third-order valence-electron chi connectivity index (χ3n) is 6.23. The Kier molecular flexibility index (Phi) is 7.08. The Balaban J connectivity index is 0.00000274. The molecule has 1 aliphatic heterocycles. The molecule has 2 heterocycles. The van der Waals surface area contributed by atoms with Gasteiger partial charge in [0, 0.05) is 42.0 Å². The number of carbonyl (C=O) groups is 1. The molecule has 4 aromatic rings. The number of halogens is 2. The molecule has 0 saturated carbocycles. The molecule has 3 aromatic carbocycles. The fraction of sp³-hybridized carbons (Fsp3) is 0.222. The fourth-order valence-corrected chi connectivity index (χ4v) is 4.53. The van der Waals surface area contributed by atoms with Crippen LogP contribution in [0.25, 0.3) is 22.0 Å². The van der Waals surface area contributed by atoms with E-state index in [1.807, 2.05) is 47.4 Å². The lowest BCUT2D eigenvalue weighted by atomic mass is 10.0. The van der Waals surface area contributed by atoms with Gasteiger partial charge in [-0.1, -0.05) is 66.7 Å². The first-order valence-electron chi connectivity index (χ1n) is 11.2. The zero-order valence-electron chi connectivity index (χ0n) is 18.9. The van der Waals surface area contributed by atoms with Crippen LogP contribution in [0.3, 0.4) is 0 Å². The molecule has 7 heteroatoms. The van der Waals surface area contributed by atoms with E-state index in [1.165, 1.54) is 12.1 Å². The summed E-state index contributed by atoms with van der Waals surface area (Å²) >= 11 is 0. The first-order chi connectivity index (χ1) is 16.1. The average Bonchev–Trinajstić information content (AvgIpc) is 2.85. The van der Waals surface area contributed by atoms with E-state index in [9.17, 15) is 9.18 Å². The lowest BCUT2D eigenvalue weighted by Gasteiger charge is -2.40. The third kappa shape index (κ3) is 4.73. The lowest BCUT2D eigenvalue weighted by molar-refractivity contribution is -0.132. The minimum atomic E-state index is -0.292. The Morgan fingerprint density at radius 3 is 2.29 bits per heavy atom. The summed E-state index contributed by atoms with van der Waals surface area (Å²) in [6, 6.07) is 24.5. The van der Waals surface area contributed by atoms with Gasteiger partial charge in [-0.2, -0.15) is 0 Å². The predicted octanol–water partition coefficient (Wildman–Crippen LogP) is 5.14. The van der Waals surface area contributed by atoms with Crippen LogP contribution in [0.4, 0.5) is 10.2 Å². The van der Waals surface area contributed by atoms with Gasteiger partial charge in [0.05, 0.1) is 6.42 Å². The number of benzene rings is 3. The summed E-state index contributed by atoms with van der Waals surface area (Å²) in [5, 5.41) is 11.3. The summed E-state index contributed by atoms with van der Waals surface area (Å²) in [5.41, 5.74) is 2.73. The summed E-state index contributed by atoms with van der Waals surface area (Å²) in [6.07, 6.45) is 0.277. The summed E-state index contributed by atoms with van der Waals surface area (Å²) < 4.78 is 13.2. The molecule has 0 bridgehead atoms. The number of hydrogen-bond donors (Lipinski definition) is 0. The highest BCUT2D eigenvalue weighted by Crippen LogP contribution is 2.32. The highest BCUT2D eigenvalue weighted by atomic mass is 35.5. The van der Waals surface area contributed by atoms with Crippen LogP contribution < -0.4 is 4.90 Å². The summed E-state index contributed by atoms with van der Waals surface area (Å²) in [5.74, 6) is 0.617. The van der Waals surface area contributed by atoms with Gasteiger partial charge in [0.1, 0.15) is 11.5 Å². The van der Waals surface area contributed by atoms with Crippen LogP contribution in [0, 0.1) is 5.82 Å². The zero-order valence-corrected chi connectivity index (χ0v) is 19.7. The molecule has 1 aromatic heterocycles.